The van der Waals surface area contributed by atoms with E-state index in [1.54, 1.807) is 13.0 Å². The molecule has 0 nitrogen and oxygen atoms in total. The molecule has 0 aromatic carbocycles. The van der Waals surface area contributed by atoms with Crippen molar-refractivity contribution >= 4 is 0 Å². The van der Waals surface area contributed by atoms with E-state index in [1.165, 1.54) is 6.92 Å². The van der Waals surface area contributed by atoms with Gasteiger partial charge in [-0.3, -0.25) is 0 Å². The van der Waals surface area contributed by atoms with Crippen LogP contribution in [0.4, 0.5) is 4.39 Å². The Morgan fingerprint density at radius 2 is 1.78 bits per heavy atom. The van der Waals surface area contributed by atoms with Gasteiger partial charge in [0.1, 0.15) is 6.17 Å². The van der Waals surface area contributed by atoms with Gasteiger partial charge in [-0.1, -0.05) is 19.9 Å². The third-order valence-electron chi connectivity index (χ3n) is 1.08. The van der Waals surface area contributed by atoms with Gasteiger partial charge in [0.25, 0.3) is 0 Å². The van der Waals surface area contributed by atoms with E-state index in [0.717, 1.165) is 5.57 Å². The van der Waals surface area contributed by atoms with Crippen LogP contribution in [0.15, 0.2) is 11.6 Å². The lowest BCUT2D eigenvalue weighted by atomic mass is 10.2. The number of hydrogen-bond acceptors (Lipinski definition) is 0. The van der Waals surface area contributed by atoms with E-state index in [-0.39, 0.29) is 0 Å². The highest BCUT2D eigenvalue weighted by Gasteiger charge is 1.95. The summed E-state index contributed by atoms with van der Waals surface area (Å²) in [5.74, 6) is 0. The van der Waals surface area contributed by atoms with E-state index in [1.807, 2.05) is 20.8 Å². The van der Waals surface area contributed by atoms with Crippen LogP contribution in [0.2, 0.25) is 0 Å². The summed E-state index contributed by atoms with van der Waals surface area (Å²) in [6, 6.07) is 0. The predicted octanol–water partition coefficient (Wildman–Crippen LogP) is 3.34. The zero-order valence-electron chi connectivity index (χ0n) is 7.03. The van der Waals surface area contributed by atoms with E-state index < -0.39 is 6.17 Å². The van der Waals surface area contributed by atoms with Gasteiger partial charge in [-0.05, 0) is 26.3 Å². The maximum atomic E-state index is 12.0. The Labute approximate surface area is 57.8 Å². The van der Waals surface area contributed by atoms with Crippen molar-refractivity contribution < 1.29 is 4.39 Å². The molecule has 0 N–H and O–H groups in total. The van der Waals surface area contributed by atoms with Crippen molar-refractivity contribution in [3.05, 3.63) is 11.6 Å². The second kappa shape index (κ2) is 7.67. The first-order valence-electron chi connectivity index (χ1n) is 3.45. The maximum Gasteiger partial charge on any atom is 0.118 e. The lowest BCUT2D eigenvalue weighted by molar-refractivity contribution is 0.411. The summed E-state index contributed by atoms with van der Waals surface area (Å²) < 4.78 is 12.0. The molecule has 0 aliphatic rings. The molecule has 0 bridgehead atoms. The van der Waals surface area contributed by atoms with Crippen molar-refractivity contribution in [1.82, 2.24) is 0 Å². The summed E-state index contributed by atoms with van der Waals surface area (Å²) in [5, 5.41) is 0. The molecular formula is C8H17F. The molecule has 9 heavy (non-hydrogen) atoms. The molecule has 0 amide bonds. The van der Waals surface area contributed by atoms with Crippen LogP contribution in [0.1, 0.15) is 34.6 Å². The van der Waals surface area contributed by atoms with Gasteiger partial charge in [-0.25, -0.2) is 4.39 Å². The number of hydrogen-bond donors (Lipinski definition) is 0. The van der Waals surface area contributed by atoms with Gasteiger partial charge in [0.05, 0.1) is 0 Å². The van der Waals surface area contributed by atoms with Gasteiger partial charge >= 0.3 is 0 Å². The monoisotopic (exact) mass is 132 g/mol. The molecule has 0 rings (SSSR count). The Bertz CT molecular complexity index is 72.6. The summed E-state index contributed by atoms with van der Waals surface area (Å²) >= 11 is 0. The van der Waals surface area contributed by atoms with Gasteiger partial charge in [-0.15, -0.1) is 0 Å². The van der Waals surface area contributed by atoms with Crippen LogP contribution in [0.5, 0.6) is 0 Å². The Morgan fingerprint density at radius 3 is 1.78 bits per heavy atom. The molecule has 0 aromatic rings. The summed E-state index contributed by atoms with van der Waals surface area (Å²) in [5.41, 5.74) is 0.806. The van der Waals surface area contributed by atoms with Crippen LogP contribution in [0.3, 0.4) is 0 Å². The molecule has 1 heteroatoms. The van der Waals surface area contributed by atoms with Crippen molar-refractivity contribution in [2.24, 2.45) is 0 Å². The second-order valence-electron chi connectivity index (χ2n) is 1.65. The van der Waals surface area contributed by atoms with Crippen molar-refractivity contribution in [3.8, 4) is 0 Å². The molecule has 0 aliphatic heterocycles. The van der Waals surface area contributed by atoms with E-state index in [0.29, 0.717) is 0 Å². The first kappa shape index (κ1) is 11.5. The lowest BCUT2D eigenvalue weighted by Crippen LogP contribution is -1.91. The number of halogens is 1. The molecular weight excluding hydrogens is 115 g/mol. The summed E-state index contributed by atoms with van der Waals surface area (Å²) in [6.07, 6.45) is 1.01. The van der Waals surface area contributed by atoms with Gasteiger partial charge < -0.3 is 0 Å². The Balaban J connectivity index is 0. The van der Waals surface area contributed by atoms with Crippen LogP contribution in [-0.4, -0.2) is 6.17 Å². The average Bonchev–Trinajstić information content (AvgIpc) is 1.91. The highest BCUT2D eigenvalue weighted by atomic mass is 19.1. The summed E-state index contributed by atoms with van der Waals surface area (Å²) in [6.45, 7) is 9.16. The molecule has 56 valence electrons. The molecule has 0 saturated heterocycles. The fraction of sp³-hybridized carbons (Fsp3) is 0.750. The smallest absolute Gasteiger partial charge is 0.118 e. The molecule has 0 fully saturated rings. The largest absolute Gasteiger partial charge is 0.243 e. The fourth-order valence-corrected chi connectivity index (χ4v) is 0.230. The topological polar surface area (TPSA) is 0 Å². The zero-order valence-corrected chi connectivity index (χ0v) is 7.03. The molecule has 0 saturated carbocycles. The van der Waals surface area contributed by atoms with Crippen molar-refractivity contribution in [2.75, 3.05) is 0 Å². The van der Waals surface area contributed by atoms with Crippen molar-refractivity contribution in [2.45, 2.75) is 40.8 Å². The lowest BCUT2D eigenvalue weighted by Gasteiger charge is -1.96. The third-order valence-corrected chi connectivity index (χ3v) is 1.08. The van der Waals surface area contributed by atoms with Gasteiger partial charge in [0.15, 0.2) is 0 Å². The summed E-state index contributed by atoms with van der Waals surface area (Å²) in [7, 11) is 0. The van der Waals surface area contributed by atoms with Gasteiger partial charge in [0.2, 0.25) is 0 Å². The van der Waals surface area contributed by atoms with Crippen molar-refractivity contribution in [3.63, 3.8) is 0 Å². The third kappa shape index (κ3) is 7.67. The SMILES string of the molecule is C/C=C(\C)C(C)F.CC. The quantitative estimate of drug-likeness (QED) is 0.480. The predicted molar refractivity (Wildman–Crippen MR) is 41.3 cm³/mol. The van der Waals surface area contributed by atoms with Crippen LogP contribution in [-0.2, 0) is 0 Å². The molecule has 0 heterocycles. The highest BCUT2D eigenvalue weighted by molar-refractivity contribution is 5.00. The number of alkyl halides is 1. The number of rotatable bonds is 1. The van der Waals surface area contributed by atoms with Gasteiger partial charge in [-0.2, -0.15) is 0 Å². The van der Waals surface area contributed by atoms with Crippen molar-refractivity contribution in [1.29, 1.82) is 0 Å². The van der Waals surface area contributed by atoms with Crippen LogP contribution in [0.25, 0.3) is 0 Å². The fourth-order valence-electron chi connectivity index (χ4n) is 0.230. The van der Waals surface area contributed by atoms with E-state index in [9.17, 15) is 4.39 Å². The minimum Gasteiger partial charge on any atom is -0.243 e. The zero-order chi connectivity index (χ0) is 7.86. The normalized spacial score (nSPS) is 13.8. The van der Waals surface area contributed by atoms with E-state index in [2.05, 4.69) is 0 Å². The Kier molecular flexibility index (Phi) is 9.77. The van der Waals surface area contributed by atoms with Gasteiger partial charge in [0, 0.05) is 0 Å². The molecule has 0 aliphatic carbocycles. The molecule has 1 unspecified atom stereocenters. The maximum absolute atomic E-state index is 12.0. The molecule has 0 spiro atoms. The highest BCUT2D eigenvalue weighted by Crippen LogP contribution is 2.02. The minimum absolute atomic E-state index is 0.773. The van der Waals surface area contributed by atoms with Crippen LogP contribution < -0.4 is 0 Å². The van der Waals surface area contributed by atoms with E-state index in [4.69, 9.17) is 0 Å². The standard InChI is InChI=1S/C6H11F.C2H6/c1-4-5(2)6(3)7;1-2/h4,6H,1-3H3;1-2H3/b5-4+;. The molecule has 0 radical (unpaired) electrons. The molecule has 1 atom stereocenters. The summed E-state index contributed by atoms with van der Waals surface area (Å²) in [4.78, 5) is 0. The first-order chi connectivity index (χ1) is 4.18. The molecule has 0 aromatic heterocycles. The Morgan fingerprint density at radius 1 is 1.44 bits per heavy atom. The number of allylic oxidation sites excluding steroid dienone is 2. The minimum atomic E-state index is -0.773. The Hall–Kier alpha value is -0.330. The average molecular weight is 132 g/mol. The first-order valence-corrected chi connectivity index (χ1v) is 3.45. The van der Waals surface area contributed by atoms with Crippen LogP contribution in [0, 0.1) is 0 Å². The second-order valence-corrected chi connectivity index (χ2v) is 1.65. The van der Waals surface area contributed by atoms with Crippen LogP contribution >= 0.6 is 0 Å². The van der Waals surface area contributed by atoms with E-state index >= 15 is 0 Å².